The van der Waals surface area contributed by atoms with Crippen molar-refractivity contribution >= 4 is 5.91 Å². The van der Waals surface area contributed by atoms with Gasteiger partial charge in [-0.1, -0.05) is 0 Å². The van der Waals surface area contributed by atoms with Gasteiger partial charge in [0.05, 0.1) is 11.8 Å². The van der Waals surface area contributed by atoms with Crippen LogP contribution in [0, 0.1) is 0 Å². The fourth-order valence-corrected chi connectivity index (χ4v) is 3.39. The number of likely N-dealkylation sites (tertiary alicyclic amines) is 1. The lowest BCUT2D eigenvalue weighted by Gasteiger charge is -2.42. The van der Waals surface area contributed by atoms with E-state index in [4.69, 9.17) is 0 Å². The molecule has 0 aromatic carbocycles. The molecule has 6 nitrogen and oxygen atoms in total. The van der Waals surface area contributed by atoms with Crippen molar-refractivity contribution in [1.82, 2.24) is 19.7 Å². The Morgan fingerprint density at radius 3 is 2.50 bits per heavy atom. The number of carbonyl (C=O) groups excluding carboxylic acids is 1. The fourth-order valence-electron chi connectivity index (χ4n) is 3.39. The highest BCUT2D eigenvalue weighted by atomic mass is 16.3. The van der Waals surface area contributed by atoms with Crippen molar-refractivity contribution < 1.29 is 9.90 Å². The molecule has 0 bridgehead atoms. The second-order valence-electron chi connectivity index (χ2n) is 6.26. The van der Waals surface area contributed by atoms with Crippen LogP contribution in [0.3, 0.4) is 0 Å². The van der Waals surface area contributed by atoms with Gasteiger partial charge < -0.3 is 14.9 Å². The lowest BCUT2D eigenvalue weighted by Crippen LogP contribution is -2.54. The molecule has 3 rings (SSSR count). The number of piperazine rings is 1. The summed E-state index contributed by atoms with van der Waals surface area (Å²) in [5, 5.41) is 9.77. The molecule has 1 aromatic rings. The monoisotopic (exact) mass is 304 g/mol. The van der Waals surface area contributed by atoms with Crippen LogP contribution in [0.15, 0.2) is 18.5 Å². The molecule has 2 fully saturated rings. The van der Waals surface area contributed by atoms with E-state index in [1.54, 1.807) is 12.3 Å². The second-order valence-corrected chi connectivity index (χ2v) is 6.26. The molecule has 6 heteroatoms. The van der Waals surface area contributed by atoms with Crippen LogP contribution in [0.5, 0.6) is 5.75 Å². The summed E-state index contributed by atoms with van der Waals surface area (Å²) >= 11 is 0. The minimum atomic E-state index is -0.0945. The summed E-state index contributed by atoms with van der Waals surface area (Å²) in [4.78, 5) is 23.0. The van der Waals surface area contributed by atoms with E-state index in [-0.39, 0.29) is 11.7 Å². The maximum absolute atomic E-state index is 12.5. The van der Waals surface area contributed by atoms with Gasteiger partial charge >= 0.3 is 0 Å². The van der Waals surface area contributed by atoms with E-state index in [0.717, 1.165) is 39.3 Å². The number of carbonyl (C=O) groups is 1. The Labute approximate surface area is 131 Å². The number of rotatable bonds is 2. The summed E-state index contributed by atoms with van der Waals surface area (Å²) in [6.07, 6.45) is 5.30. The van der Waals surface area contributed by atoms with Gasteiger partial charge in [0.25, 0.3) is 5.91 Å². The van der Waals surface area contributed by atoms with Crippen LogP contribution < -0.4 is 0 Å². The largest absolute Gasteiger partial charge is 0.505 e. The molecule has 0 radical (unpaired) electrons. The molecule has 0 spiro atoms. The molecular formula is C16H24N4O2. The van der Waals surface area contributed by atoms with E-state index in [1.165, 1.54) is 19.0 Å². The van der Waals surface area contributed by atoms with Crippen molar-refractivity contribution in [1.29, 1.82) is 0 Å². The third-order valence-corrected chi connectivity index (χ3v) is 4.84. The Morgan fingerprint density at radius 1 is 1.18 bits per heavy atom. The molecule has 1 N–H and O–H groups in total. The van der Waals surface area contributed by atoms with Gasteiger partial charge in [-0.3, -0.25) is 14.7 Å². The first kappa shape index (κ1) is 15.2. The Hall–Kier alpha value is -1.66. The molecule has 2 saturated heterocycles. The molecule has 120 valence electrons. The first-order valence-corrected chi connectivity index (χ1v) is 8.00. The Kier molecular flexibility index (Phi) is 4.59. The number of hydrogen-bond donors (Lipinski definition) is 1. The van der Waals surface area contributed by atoms with Crippen LogP contribution in [0.4, 0.5) is 0 Å². The highest BCUT2D eigenvalue weighted by molar-refractivity contribution is 5.96. The van der Waals surface area contributed by atoms with Crippen molar-refractivity contribution in [3.8, 4) is 5.75 Å². The van der Waals surface area contributed by atoms with Gasteiger partial charge in [0.2, 0.25) is 0 Å². The lowest BCUT2D eigenvalue weighted by molar-refractivity contribution is 0.0473. The molecule has 0 aliphatic carbocycles. The van der Waals surface area contributed by atoms with Gasteiger partial charge in [-0.15, -0.1) is 0 Å². The van der Waals surface area contributed by atoms with Crippen LogP contribution in [-0.2, 0) is 0 Å². The van der Waals surface area contributed by atoms with Gasteiger partial charge in [-0.05, 0) is 39.0 Å². The van der Waals surface area contributed by atoms with Crippen LogP contribution in [-0.4, -0.2) is 83.1 Å². The molecule has 0 atom stereocenters. The van der Waals surface area contributed by atoms with Gasteiger partial charge in [-0.25, -0.2) is 0 Å². The van der Waals surface area contributed by atoms with Crippen LogP contribution in [0.25, 0.3) is 0 Å². The van der Waals surface area contributed by atoms with Gasteiger partial charge in [0.1, 0.15) is 5.75 Å². The minimum Gasteiger partial charge on any atom is -0.505 e. The Bertz CT molecular complexity index is 521. The van der Waals surface area contributed by atoms with Crippen molar-refractivity contribution in [2.45, 2.75) is 18.9 Å². The molecule has 2 aliphatic rings. The fraction of sp³-hybridized carbons (Fsp3) is 0.625. The number of hydrogen-bond acceptors (Lipinski definition) is 5. The zero-order chi connectivity index (χ0) is 15.5. The third kappa shape index (κ3) is 3.23. The normalized spacial score (nSPS) is 22.0. The zero-order valence-corrected chi connectivity index (χ0v) is 13.1. The summed E-state index contributed by atoms with van der Waals surface area (Å²) in [7, 11) is 2.17. The number of piperidine rings is 1. The van der Waals surface area contributed by atoms with E-state index in [9.17, 15) is 9.90 Å². The van der Waals surface area contributed by atoms with E-state index in [1.807, 2.05) is 4.90 Å². The Balaban J connectivity index is 1.55. The number of aromatic hydroxyl groups is 1. The molecule has 0 unspecified atom stereocenters. The molecular weight excluding hydrogens is 280 g/mol. The first-order valence-electron chi connectivity index (χ1n) is 8.00. The summed E-state index contributed by atoms with van der Waals surface area (Å²) in [5.41, 5.74) is 0.350. The van der Waals surface area contributed by atoms with E-state index < -0.39 is 0 Å². The maximum Gasteiger partial charge on any atom is 0.257 e. The third-order valence-electron chi connectivity index (χ3n) is 4.84. The molecule has 1 aromatic heterocycles. The second kappa shape index (κ2) is 6.62. The lowest BCUT2D eigenvalue weighted by atomic mass is 10.0. The smallest absolute Gasteiger partial charge is 0.257 e. The van der Waals surface area contributed by atoms with Crippen molar-refractivity contribution in [2.24, 2.45) is 0 Å². The topological polar surface area (TPSA) is 59.9 Å². The van der Waals surface area contributed by atoms with Gasteiger partial charge in [-0.2, -0.15) is 0 Å². The summed E-state index contributed by atoms with van der Waals surface area (Å²) < 4.78 is 0. The molecule has 3 heterocycles. The van der Waals surface area contributed by atoms with Crippen molar-refractivity contribution in [3.63, 3.8) is 0 Å². The first-order chi connectivity index (χ1) is 10.6. The highest BCUT2D eigenvalue weighted by Crippen LogP contribution is 2.20. The standard InChI is InChI=1S/C16H24N4O2/c1-18-6-3-13(4-7-18)19-8-10-20(11-9-19)16(22)14-2-5-17-12-15(14)21/h2,5,12-13,21H,3-4,6-11H2,1H3. The van der Waals surface area contributed by atoms with Crippen molar-refractivity contribution in [3.05, 3.63) is 24.0 Å². The summed E-state index contributed by atoms with van der Waals surface area (Å²) in [6, 6.07) is 2.24. The van der Waals surface area contributed by atoms with Crippen LogP contribution >= 0.6 is 0 Å². The summed E-state index contributed by atoms with van der Waals surface area (Å²) in [5.74, 6) is -0.131. The molecule has 2 aliphatic heterocycles. The number of aromatic nitrogens is 1. The zero-order valence-electron chi connectivity index (χ0n) is 13.1. The molecule has 22 heavy (non-hydrogen) atoms. The van der Waals surface area contributed by atoms with Crippen LogP contribution in [0.1, 0.15) is 23.2 Å². The van der Waals surface area contributed by atoms with Gasteiger partial charge in [0, 0.05) is 38.4 Å². The number of nitrogens with zero attached hydrogens (tertiary/aromatic N) is 4. The van der Waals surface area contributed by atoms with Gasteiger partial charge in [0.15, 0.2) is 0 Å². The maximum atomic E-state index is 12.5. The number of pyridine rings is 1. The van der Waals surface area contributed by atoms with E-state index >= 15 is 0 Å². The van der Waals surface area contributed by atoms with E-state index in [0.29, 0.717) is 11.6 Å². The predicted molar refractivity (Wildman–Crippen MR) is 83.9 cm³/mol. The van der Waals surface area contributed by atoms with E-state index in [2.05, 4.69) is 21.8 Å². The minimum absolute atomic E-state index is 0.0368. The predicted octanol–water partition coefficient (Wildman–Crippen LogP) is 0.639. The Morgan fingerprint density at radius 2 is 1.86 bits per heavy atom. The SMILES string of the molecule is CN1CCC(N2CCN(C(=O)c3ccncc3O)CC2)CC1. The van der Waals surface area contributed by atoms with Crippen molar-refractivity contribution in [2.75, 3.05) is 46.3 Å². The quantitative estimate of drug-likeness (QED) is 0.869. The number of amides is 1. The highest BCUT2D eigenvalue weighted by Gasteiger charge is 2.29. The van der Waals surface area contributed by atoms with Crippen LogP contribution in [0.2, 0.25) is 0 Å². The average molecular weight is 304 g/mol. The molecule has 1 amide bonds. The average Bonchev–Trinajstić information content (AvgIpc) is 2.56. The molecule has 0 saturated carbocycles. The summed E-state index contributed by atoms with van der Waals surface area (Å²) in [6.45, 7) is 5.63.